The van der Waals surface area contributed by atoms with Crippen LogP contribution in [0, 0.1) is 0 Å². The maximum absolute atomic E-state index is 5.90. The lowest BCUT2D eigenvalue weighted by Gasteiger charge is -2.35. The van der Waals surface area contributed by atoms with E-state index >= 15 is 0 Å². The molecule has 1 aliphatic heterocycles. The first-order valence-electron chi connectivity index (χ1n) is 10.8. The van der Waals surface area contributed by atoms with Gasteiger partial charge in [0.2, 0.25) is 0 Å². The van der Waals surface area contributed by atoms with E-state index in [4.69, 9.17) is 14.5 Å². The summed E-state index contributed by atoms with van der Waals surface area (Å²) in [7, 11) is 1.67. The molecule has 1 aliphatic rings. The van der Waals surface area contributed by atoms with E-state index in [1.54, 1.807) is 24.8 Å². The average Bonchev–Trinajstić information content (AvgIpc) is 3.30. The zero-order valence-electron chi connectivity index (χ0n) is 18.1. The highest BCUT2D eigenvalue weighted by Crippen LogP contribution is 2.37. The molecule has 0 unspecified atom stereocenters. The Morgan fingerprint density at radius 2 is 1.66 bits per heavy atom. The lowest BCUT2D eigenvalue weighted by atomic mass is 10.1. The fraction of sp³-hybridized carbons (Fsp3) is 0.280. The van der Waals surface area contributed by atoms with Crippen molar-refractivity contribution in [2.75, 3.05) is 51.3 Å². The number of hydrogen-bond acceptors (Lipinski definition) is 7. The van der Waals surface area contributed by atoms with Gasteiger partial charge in [0.05, 0.1) is 12.5 Å². The van der Waals surface area contributed by atoms with Gasteiger partial charge >= 0.3 is 0 Å². The van der Waals surface area contributed by atoms with Crippen LogP contribution in [0.2, 0.25) is 0 Å². The molecule has 164 valence electrons. The number of piperazine rings is 1. The second-order valence-electron chi connectivity index (χ2n) is 7.75. The van der Waals surface area contributed by atoms with Crippen molar-refractivity contribution in [2.45, 2.75) is 0 Å². The Bertz CT molecular complexity index is 1160. The number of methoxy groups -OCH3 is 1. The van der Waals surface area contributed by atoms with Gasteiger partial charge in [0, 0.05) is 43.7 Å². The van der Waals surface area contributed by atoms with Crippen molar-refractivity contribution < 1.29 is 9.47 Å². The first-order valence-corrected chi connectivity index (χ1v) is 11.7. The van der Waals surface area contributed by atoms with E-state index in [0.717, 1.165) is 54.9 Å². The van der Waals surface area contributed by atoms with E-state index in [2.05, 4.69) is 44.4 Å². The first-order chi connectivity index (χ1) is 15.8. The van der Waals surface area contributed by atoms with Crippen molar-refractivity contribution in [3.8, 4) is 22.6 Å². The lowest BCUT2D eigenvalue weighted by Crippen LogP contribution is -2.47. The number of nitrogens with zero attached hydrogens (tertiary/aromatic N) is 4. The van der Waals surface area contributed by atoms with E-state index in [0.29, 0.717) is 6.61 Å². The van der Waals surface area contributed by atoms with Gasteiger partial charge in [-0.3, -0.25) is 4.90 Å². The molecule has 0 bridgehead atoms. The fourth-order valence-corrected chi connectivity index (χ4v) is 4.99. The third kappa shape index (κ3) is 4.40. The van der Waals surface area contributed by atoms with E-state index in [1.807, 2.05) is 30.3 Å². The van der Waals surface area contributed by atoms with Gasteiger partial charge in [0.25, 0.3) is 0 Å². The third-order valence-corrected chi connectivity index (χ3v) is 6.73. The molecule has 3 heterocycles. The number of thiophene rings is 1. The number of benzene rings is 2. The zero-order valence-corrected chi connectivity index (χ0v) is 18.9. The molecular formula is C25H26N4O2S. The summed E-state index contributed by atoms with van der Waals surface area (Å²) in [5, 5.41) is 3.37. The minimum atomic E-state index is 0.673. The highest BCUT2D eigenvalue weighted by Gasteiger charge is 2.22. The van der Waals surface area contributed by atoms with Crippen LogP contribution in [0.1, 0.15) is 0 Å². The Morgan fingerprint density at radius 1 is 0.906 bits per heavy atom. The van der Waals surface area contributed by atoms with Gasteiger partial charge in [-0.25, -0.2) is 9.97 Å². The molecule has 0 amide bonds. The molecule has 4 aromatic rings. The molecule has 0 N–H and O–H groups in total. The monoisotopic (exact) mass is 446 g/mol. The van der Waals surface area contributed by atoms with Crippen molar-refractivity contribution in [2.24, 2.45) is 0 Å². The predicted molar refractivity (Wildman–Crippen MR) is 130 cm³/mol. The number of hydrogen-bond donors (Lipinski definition) is 0. The number of fused-ring (bicyclic) bond motifs is 1. The van der Waals surface area contributed by atoms with Crippen LogP contribution < -0.4 is 14.4 Å². The number of aromatic nitrogens is 2. The van der Waals surface area contributed by atoms with Crippen molar-refractivity contribution >= 4 is 27.4 Å². The van der Waals surface area contributed by atoms with Gasteiger partial charge in [-0.05, 0) is 29.8 Å². The molecule has 32 heavy (non-hydrogen) atoms. The Morgan fingerprint density at radius 3 is 2.41 bits per heavy atom. The molecule has 5 rings (SSSR count). The normalized spacial score (nSPS) is 14.6. The van der Waals surface area contributed by atoms with Crippen LogP contribution in [0.4, 0.5) is 5.82 Å². The summed E-state index contributed by atoms with van der Waals surface area (Å²) < 4.78 is 11.1. The predicted octanol–water partition coefficient (Wildman–Crippen LogP) is 4.57. The highest BCUT2D eigenvalue weighted by atomic mass is 32.1. The van der Waals surface area contributed by atoms with E-state index in [1.165, 1.54) is 16.5 Å². The lowest BCUT2D eigenvalue weighted by molar-refractivity contribution is 0.200. The molecule has 0 aliphatic carbocycles. The van der Waals surface area contributed by atoms with Crippen LogP contribution in [0.15, 0.2) is 66.3 Å². The summed E-state index contributed by atoms with van der Waals surface area (Å²) in [6.45, 7) is 5.45. The molecular weight excluding hydrogens is 420 g/mol. The molecule has 0 radical (unpaired) electrons. The molecule has 7 heteroatoms. The molecule has 0 saturated carbocycles. The summed E-state index contributed by atoms with van der Waals surface area (Å²) in [5.74, 6) is 2.76. The maximum atomic E-state index is 5.90. The second-order valence-corrected chi connectivity index (χ2v) is 8.60. The van der Waals surface area contributed by atoms with Crippen LogP contribution in [0.5, 0.6) is 11.5 Å². The van der Waals surface area contributed by atoms with Crippen molar-refractivity contribution in [3.63, 3.8) is 0 Å². The van der Waals surface area contributed by atoms with Crippen molar-refractivity contribution in [3.05, 3.63) is 66.3 Å². The second kappa shape index (κ2) is 9.54. The SMILES string of the molecule is COc1ccc(OCCN2CCN(c3ncnc4scc(-c5ccccc5)c34)CC2)cc1. The van der Waals surface area contributed by atoms with Crippen LogP contribution in [-0.4, -0.2) is 61.3 Å². The smallest absolute Gasteiger partial charge is 0.141 e. The molecule has 6 nitrogen and oxygen atoms in total. The van der Waals surface area contributed by atoms with Gasteiger partial charge in [-0.1, -0.05) is 30.3 Å². The topological polar surface area (TPSA) is 50.7 Å². The largest absolute Gasteiger partial charge is 0.497 e. The van der Waals surface area contributed by atoms with E-state index < -0.39 is 0 Å². The van der Waals surface area contributed by atoms with Gasteiger partial charge < -0.3 is 14.4 Å². The summed E-state index contributed by atoms with van der Waals surface area (Å²) >= 11 is 1.69. The molecule has 0 spiro atoms. The molecule has 2 aromatic carbocycles. The Hall–Kier alpha value is -3.16. The van der Waals surface area contributed by atoms with Gasteiger partial charge in [-0.15, -0.1) is 11.3 Å². The van der Waals surface area contributed by atoms with Crippen molar-refractivity contribution in [1.82, 2.24) is 14.9 Å². The van der Waals surface area contributed by atoms with Crippen LogP contribution >= 0.6 is 11.3 Å². The Labute approximate surface area is 192 Å². The van der Waals surface area contributed by atoms with Crippen LogP contribution in [-0.2, 0) is 0 Å². The Balaban J connectivity index is 1.22. The van der Waals surface area contributed by atoms with Crippen LogP contribution in [0.3, 0.4) is 0 Å². The standard InChI is InChI=1S/C25H26N4O2S/c1-30-20-7-9-21(10-8-20)31-16-15-28-11-13-29(14-12-28)24-23-22(19-5-3-2-4-6-19)17-32-25(23)27-18-26-24/h2-10,17-18H,11-16H2,1H3. The van der Waals surface area contributed by atoms with E-state index in [9.17, 15) is 0 Å². The Kier molecular flexibility index (Phi) is 6.18. The molecule has 1 saturated heterocycles. The number of anilines is 1. The van der Waals surface area contributed by atoms with Gasteiger partial charge in [-0.2, -0.15) is 0 Å². The molecule has 0 atom stereocenters. The van der Waals surface area contributed by atoms with Crippen LogP contribution in [0.25, 0.3) is 21.3 Å². The summed E-state index contributed by atoms with van der Waals surface area (Å²) in [5.41, 5.74) is 2.43. The van der Waals surface area contributed by atoms with Gasteiger partial charge in [0.15, 0.2) is 0 Å². The quantitative estimate of drug-likeness (QED) is 0.415. The summed E-state index contributed by atoms with van der Waals surface area (Å²) in [4.78, 5) is 15.1. The van der Waals surface area contributed by atoms with E-state index in [-0.39, 0.29) is 0 Å². The first kappa shape index (κ1) is 20.7. The zero-order chi connectivity index (χ0) is 21.8. The fourth-order valence-electron chi connectivity index (χ4n) is 4.08. The van der Waals surface area contributed by atoms with Gasteiger partial charge in [0.1, 0.15) is 35.1 Å². The highest BCUT2D eigenvalue weighted by molar-refractivity contribution is 7.17. The number of ether oxygens (including phenoxy) is 2. The summed E-state index contributed by atoms with van der Waals surface area (Å²) in [6, 6.07) is 18.2. The van der Waals surface area contributed by atoms with Crippen molar-refractivity contribution in [1.29, 1.82) is 0 Å². The molecule has 2 aromatic heterocycles. The average molecular weight is 447 g/mol. The third-order valence-electron chi connectivity index (χ3n) is 5.84. The molecule has 1 fully saturated rings. The summed E-state index contributed by atoms with van der Waals surface area (Å²) in [6.07, 6.45) is 1.69. The number of rotatable bonds is 7. The minimum Gasteiger partial charge on any atom is -0.497 e. The minimum absolute atomic E-state index is 0.673. The maximum Gasteiger partial charge on any atom is 0.141 e.